The number of nitrogens with zero attached hydrogens (tertiary/aromatic N) is 4. The lowest BCUT2D eigenvalue weighted by Crippen LogP contribution is -2.21. The molecule has 2 heterocycles. The molecule has 0 saturated carbocycles. The molecule has 0 aliphatic rings. The summed E-state index contributed by atoms with van der Waals surface area (Å²) in [7, 11) is 4.58. The Labute approximate surface area is 212 Å². The topological polar surface area (TPSA) is 171 Å². The number of amides is 2. The summed E-state index contributed by atoms with van der Waals surface area (Å²) in [5.41, 5.74) is 13.9. The standard InChI is InChI=1S/C13H14N4O2.C12H11FN4O/c1-15-13(18)11-12(14)16-7-10(17-11)8-4-3-5-9(6-8)19-2;1-15-12(18)10-11(14)16-6-9(17-10)7-2-4-8(13)5-3-7/h3-7H,1-2H3,(H2,14,16)(H,15,18);2-6H,1H3,(H2,14,16)(H,15,18). The van der Waals surface area contributed by atoms with Gasteiger partial charge in [-0.25, -0.2) is 24.3 Å². The van der Waals surface area contributed by atoms with Crippen LogP contribution in [0.5, 0.6) is 5.75 Å². The van der Waals surface area contributed by atoms with Gasteiger partial charge in [-0.15, -0.1) is 0 Å². The third kappa shape index (κ3) is 6.51. The fraction of sp³-hybridized carbons (Fsp3) is 0.120. The van der Waals surface area contributed by atoms with E-state index in [1.807, 2.05) is 24.3 Å². The number of hydrogen-bond donors (Lipinski definition) is 4. The van der Waals surface area contributed by atoms with Gasteiger partial charge in [-0.2, -0.15) is 0 Å². The largest absolute Gasteiger partial charge is 0.497 e. The van der Waals surface area contributed by atoms with E-state index in [9.17, 15) is 14.0 Å². The Morgan fingerprint density at radius 3 is 1.81 bits per heavy atom. The number of nitrogens with two attached hydrogens (primary N) is 2. The van der Waals surface area contributed by atoms with Gasteiger partial charge in [-0.1, -0.05) is 12.1 Å². The maximum atomic E-state index is 12.8. The van der Waals surface area contributed by atoms with Gasteiger partial charge in [0, 0.05) is 25.2 Å². The Morgan fingerprint density at radius 2 is 1.32 bits per heavy atom. The van der Waals surface area contributed by atoms with Crippen molar-refractivity contribution in [2.24, 2.45) is 0 Å². The van der Waals surface area contributed by atoms with Crippen LogP contribution in [-0.2, 0) is 0 Å². The molecule has 0 atom stereocenters. The van der Waals surface area contributed by atoms with Gasteiger partial charge >= 0.3 is 0 Å². The lowest BCUT2D eigenvalue weighted by molar-refractivity contribution is 0.0951. The van der Waals surface area contributed by atoms with E-state index < -0.39 is 5.91 Å². The molecular formula is C25H25FN8O3. The fourth-order valence-electron chi connectivity index (χ4n) is 3.05. The number of carbonyl (C=O) groups excluding carboxylic acids is 2. The third-order valence-electron chi connectivity index (χ3n) is 4.99. The highest BCUT2D eigenvalue weighted by atomic mass is 19.1. The molecule has 12 heteroatoms. The normalized spacial score (nSPS) is 10.1. The molecule has 0 radical (unpaired) electrons. The Kier molecular flexibility index (Phi) is 8.60. The van der Waals surface area contributed by atoms with Crippen LogP contribution >= 0.6 is 0 Å². The minimum Gasteiger partial charge on any atom is -0.497 e. The minimum atomic E-state index is -0.413. The molecule has 2 amide bonds. The van der Waals surface area contributed by atoms with Gasteiger partial charge in [0.15, 0.2) is 23.0 Å². The van der Waals surface area contributed by atoms with Crippen LogP contribution in [-0.4, -0.2) is 53.0 Å². The smallest absolute Gasteiger partial charge is 0.273 e. The van der Waals surface area contributed by atoms with Crippen LogP contribution in [0.4, 0.5) is 16.0 Å². The number of aromatic nitrogens is 4. The SMILES string of the molecule is CNC(=O)c1nc(-c2ccc(F)cc2)cnc1N.CNC(=O)c1nc(-c2cccc(OC)c2)cnc1N. The zero-order chi connectivity index (χ0) is 26.9. The molecule has 0 fully saturated rings. The molecule has 2 aromatic carbocycles. The number of nitrogens with one attached hydrogen (secondary N) is 2. The number of methoxy groups -OCH3 is 1. The summed E-state index contributed by atoms with van der Waals surface area (Å²) >= 11 is 0. The van der Waals surface area contributed by atoms with Crippen molar-refractivity contribution in [3.05, 3.63) is 78.1 Å². The van der Waals surface area contributed by atoms with Crippen molar-refractivity contribution in [3.8, 4) is 28.3 Å². The summed E-state index contributed by atoms with van der Waals surface area (Å²) in [5, 5.41) is 4.91. The van der Waals surface area contributed by atoms with E-state index in [4.69, 9.17) is 16.2 Å². The Bertz CT molecular complexity index is 1410. The Morgan fingerprint density at radius 1 is 0.811 bits per heavy atom. The summed E-state index contributed by atoms with van der Waals surface area (Å²) < 4.78 is 18.0. The third-order valence-corrected chi connectivity index (χ3v) is 4.99. The molecule has 4 aromatic rings. The van der Waals surface area contributed by atoms with Crippen LogP contribution in [0.3, 0.4) is 0 Å². The fourth-order valence-corrected chi connectivity index (χ4v) is 3.05. The summed E-state index contributed by atoms with van der Waals surface area (Å²) in [6.45, 7) is 0. The van der Waals surface area contributed by atoms with Gasteiger partial charge < -0.3 is 26.8 Å². The van der Waals surface area contributed by atoms with Crippen LogP contribution in [0.25, 0.3) is 22.5 Å². The molecule has 0 bridgehead atoms. The van der Waals surface area contributed by atoms with Crippen LogP contribution in [0.2, 0.25) is 0 Å². The van der Waals surface area contributed by atoms with Crippen LogP contribution in [0.15, 0.2) is 60.9 Å². The quantitative estimate of drug-likeness (QED) is 0.318. The second-order valence-corrected chi connectivity index (χ2v) is 7.38. The molecular weight excluding hydrogens is 479 g/mol. The number of hydrogen-bond acceptors (Lipinski definition) is 9. The first kappa shape index (κ1) is 26.5. The van der Waals surface area contributed by atoms with Gasteiger partial charge in [-0.05, 0) is 36.4 Å². The van der Waals surface area contributed by atoms with Gasteiger partial charge in [0.2, 0.25) is 0 Å². The summed E-state index contributed by atoms with van der Waals surface area (Å²) in [6, 6.07) is 13.1. The number of carbonyl (C=O) groups is 2. The molecule has 2 aromatic heterocycles. The molecule has 0 aliphatic carbocycles. The van der Waals surface area contributed by atoms with E-state index in [-0.39, 0.29) is 34.7 Å². The summed E-state index contributed by atoms with van der Waals surface area (Å²) in [6.07, 6.45) is 2.96. The van der Waals surface area contributed by atoms with E-state index in [1.165, 1.54) is 38.6 Å². The molecule has 0 spiro atoms. The zero-order valence-corrected chi connectivity index (χ0v) is 20.3. The lowest BCUT2D eigenvalue weighted by Gasteiger charge is -2.07. The Hall–Kier alpha value is -5.13. The van der Waals surface area contributed by atoms with Crippen molar-refractivity contribution in [1.82, 2.24) is 30.6 Å². The second kappa shape index (κ2) is 12.0. The van der Waals surface area contributed by atoms with Crippen molar-refractivity contribution in [2.45, 2.75) is 0 Å². The van der Waals surface area contributed by atoms with E-state index in [1.54, 1.807) is 19.2 Å². The molecule has 0 aliphatic heterocycles. The van der Waals surface area contributed by atoms with Crippen molar-refractivity contribution in [3.63, 3.8) is 0 Å². The second-order valence-electron chi connectivity index (χ2n) is 7.38. The number of ether oxygens (including phenoxy) is 1. The van der Waals surface area contributed by atoms with E-state index in [0.29, 0.717) is 22.7 Å². The monoisotopic (exact) mass is 504 g/mol. The first-order valence-corrected chi connectivity index (χ1v) is 10.9. The highest BCUT2D eigenvalue weighted by Gasteiger charge is 2.14. The molecule has 37 heavy (non-hydrogen) atoms. The summed E-state index contributed by atoms with van der Waals surface area (Å²) in [4.78, 5) is 39.4. The molecule has 6 N–H and O–H groups in total. The van der Waals surface area contributed by atoms with E-state index in [0.717, 1.165) is 5.56 Å². The van der Waals surface area contributed by atoms with E-state index >= 15 is 0 Å². The first-order valence-electron chi connectivity index (χ1n) is 10.9. The maximum absolute atomic E-state index is 12.8. The molecule has 190 valence electrons. The van der Waals surface area contributed by atoms with Crippen molar-refractivity contribution >= 4 is 23.5 Å². The van der Waals surface area contributed by atoms with Gasteiger partial charge in [0.25, 0.3) is 11.8 Å². The minimum absolute atomic E-state index is 0.0549. The maximum Gasteiger partial charge on any atom is 0.273 e. The van der Waals surface area contributed by atoms with Crippen LogP contribution in [0.1, 0.15) is 21.0 Å². The molecule has 11 nitrogen and oxygen atoms in total. The van der Waals surface area contributed by atoms with E-state index in [2.05, 4.69) is 30.6 Å². The average molecular weight is 505 g/mol. The lowest BCUT2D eigenvalue weighted by atomic mass is 10.1. The number of nitrogen functional groups attached to an aromatic ring is 2. The zero-order valence-electron chi connectivity index (χ0n) is 20.3. The predicted octanol–water partition coefficient (Wildman–Crippen LogP) is 2.32. The van der Waals surface area contributed by atoms with Crippen molar-refractivity contribution < 1.29 is 18.7 Å². The average Bonchev–Trinajstić information content (AvgIpc) is 2.93. The van der Waals surface area contributed by atoms with Gasteiger partial charge in [-0.3, -0.25) is 9.59 Å². The van der Waals surface area contributed by atoms with Crippen LogP contribution in [0, 0.1) is 5.82 Å². The highest BCUT2D eigenvalue weighted by Crippen LogP contribution is 2.23. The number of benzene rings is 2. The number of anilines is 2. The van der Waals surface area contributed by atoms with Gasteiger partial charge in [0.05, 0.1) is 30.9 Å². The van der Waals surface area contributed by atoms with Gasteiger partial charge in [0.1, 0.15) is 11.6 Å². The number of rotatable bonds is 5. The first-order chi connectivity index (χ1) is 17.8. The van der Waals surface area contributed by atoms with Crippen LogP contribution < -0.4 is 26.8 Å². The van der Waals surface area contributed by atoms with Crippen molar-refractivity contribution in [2.75, 3.05) is 32.7 Å². The predicted molar refractivity (Wildman–Crippen MR) is 137 cm³/mol. The molecule has 0 saturated heterocycles. The highest BCUT2D eigenvalue weighted by molar-refractivity contribution is 5.97. The number of halogens is 1. The Balaban J connectivity index is 0.000000206. The summed E-state index contributed by atoms with van der Waals surface area (Å²) in [5.74, 6) is -0.254. The van der Waals surface area contributed by atoms with Crippen molar-refractivity contribution in [1.29, 1.82) is 0 Å². The molecule has 4 rings (SSSR count). The molecule has 0 unspecified atom stereocenters.